The van der Waals surface area contributed by atoms with Gasteiger partial charge in [0, 0.05) is 17.2 Å². The van der Waals surface area contributed by atoms with Gasteiger partial charge in [-0.05, 0) is 51.5 Å². The summed E-state index contributed by atoms with van der Waals surface area (Å²) < 4.78 is 16.9. The van der Waals surface area contributed by atoms with Crippen LogP contribution in [0, 0.1) is 0 Å². The van der Waals surface area contributed by atoms with Crippen LogP contribution in [0.15, 0.2) is 51.2 Å². The lowest BCUT2D eigenvalue weighted by Crippen LogP contribution is -2.18. The van der Waals surface area contributed by atoms with Crippen molar-refractivity contribution in [3.63, 3.8) is 0 Å². The lowest BCUT2D eigenvalue weighted by atomic mass is 10.0. The van der Waals surface area contributed by atoms with Crippen LogP contribution in [0.3, 0.4) is 0 Å². The minimum Gasteiger partial charge on any atom is -0.507 e. The molecule has 7 heteroatoms. The molecule has 1 atom stereocenters. The second-order valence-corrected chi connectivity index (χ2v) is 7.56. The Bertz CT molecular complexity index is 1170. The number of phenolic OH excluding ortho intramolecular Hbond substituents is 2. The molecule has 7 nitrogen and oxygen atoms in total. The number of aliphatic hydroxyl groups excluding tert-OH is 1. The maximum absolute atomic E-state index is 13.3. The van der Waals surface area contributed by atoms with Crippen LogP contribution in [0.4, 0.5) is 0 Å². The van der Waals surface area contributed by atoms with Gasteiger partial charge >= 0.3 is 0 Å². The van der Waals surface area contributed by atoms with Gasteiger partial charge in [-0.2, -0.15) is 0 Å². The molecular formula is C24H26O7. The second kappa shape index (κ2) is 9.14. The molecule has 2 aromatic carbocycles. The van der Waals surface area contributed by atoms with Crippen LogP contribution in [0.5, 0.6) is 23.0 Å². The molecule has 0 aliphatic carbocycles. The predicted molar refractivity (Wildman–Crippen MR) is 118 cm³/mol. The number of aliphatic hydroxyl groups is 1. The summed E-state index contributed by atoms with van der Waals surface area (Å²) in [5.41, 5.74) is 1.42. The zero-order chi connectivity index (χ0) is 22.7. The molecule has 164 valence electrons. The average Bonchev–Trinajstić information content (AvgIpc) is 2.71. The molecule has 3 N–H and O–H groups in total. The first-order valence-electron chi connectivity index (χ1n) is 9.86. The Morgan fingerprint density at radius 2 is 1.84 bits per heavy atom. The zero-order valence-electron chi connectivity index (χ0n) is 17.9. The normalized spacial score (nSPS) is 11.9. The van der Waals surface area contributed by atoms with Crippen LogP contribution < -0.4 is 14.9 Å². The van der Waals surface area contributed by atoms with Crippen LogP contribution in [0.2, 0.25) is 0 Å². The molecular weight excluding hydrogens is 400 g/mol. The van der Waals surface area contributed by atoms with Crippen molar-refractivity contribution in [2.45, 2.75) is 33.3 Å². The SMILES string of the molecule is COc1ccc(-c2oc3c(CC=C(C)C)c(O)cc(O)c3c(=O)c2OC[C@@H](C)O)cc1. The van der Waals surface area contributed by atoms with Crippen LogP contribution >= 0.6 is 0 Å². The van der Waals surface area contributed by atoms with E-state index in [2.05, 4.69) is 0 Å². The van der Waals surface area contributed by atoms with E-state index in [1.807, 2.05) is 19.9 Å². The first-order valence-corrected chi connectivity index (χ1v) is 9.86. The molecule has 3 rings (SSSR count). The Morgan fingerprint density at radius 3 is 2.42 bits per heavy atom. The number of fused-ring (bicyclic) bond motifs is 1. The molecule has 1 heterocycles. The maximum Gasteiger partial charge on any atom is 0.239 e. The van der Waals surface area contributed by atoms with E-state index in [-0.39, 0.29) is 34.8 Å². The molecule has 1 aromatic heterocycles. The van der Waals surface area contributed by atoms with Crippen molar-refractivity contribution in [3.05, 3.63) is 57.8 Å². The van der Waals surface area contributed by atoms with Gasteiger partial charge in [0.05, 0.1) is 13.2 Å². The third kappa shape index (κ3) is 4.67. The van der Waals surface area contributed by atoms with Crippen molar-refractivity contribution in [2.75, 3.05) is 13.7 Å². The van der Waals surface area contributed by atoms with Crippen molar-refractivity contribution in [2.24, 2.45) is 0 Å². The molecule has 0 saturated heterocycles. The largest absolute Gasteiger partial charge is 0.507 e. The van der Waals surface area contributed by atoms with Crippen LogP contribution in [0.1, 0.15) is 26.3 Å². The molecule has 31 heavy (non-hydrogen) atoms. The van der Waals surface area contributed by atoms with Crippen LogP contribution in [0.25, 0.3) is 22.3 Å². The van der Waals surface area contributed by atoms with Gasteiger partial charge in [0.25, 0.3) is 0 Å². The fraction of sp³-hybridized carbons (Fsp3) is 0.292. The van der Waals surface area contributed by atoms with Gasteiger partial charge in [-0.15, -0.1) is 0 Å². The van der Waals surface area contributed by atoms with E-state index >= 15 is 0 Å². The Labute approximate surface area is 179 Å². The number of benzene rings is 2. The molecule has 0 fully saturated rings. The Kier molecular flexibility index (Phi) is 6.56. The fourth-order valence-electron chi connectivity index (χ4n) is 3.14. The fourth-order valence-corrected chi connectivity index (χ4v) is 3.14. The monoisotopic (exact) mass is 426 g/mol. The molecule has 3 aromatic rings. The number of hydrogen-bond acceptors (Lipinski definition) is 7. The lowest BCUT2D eigenvalue weighted by molar-refractivity contribution is 0.121. The topological polar surface area (TPSA) is 109 Å². The zero-order valence-corrected chi connectivity index (χ0v) is 17.9. The molecule has 0 spiro atoms. The Morgan fingerprint density at radius 1 is 1.16 bits per heavy atom. The van der Waals surface area contributed by atoms with E-state index < -0.39 is 17.3 Å². The van der Waals surface area contributed by atoms with E-state index in [1.165, 1.54) is 6.92 Å². The highest BCUT2D eigenvalue weighted by Gasteiger charge is 2.24. The van der Waals surface area contributed by atoms with Crippen molar-refractivity contribution in [3.8, 4) is 34.3 Å². The highest BCUT2D eigenvalue weighted by molar-refractivity contribution is 5.91. The summed E-state index contributed by atoms with van der Waals surface area (Å²) in [5, 5.41) is 30.4. The first-order chi connectivity index (χ1) is 14.7. The summed E-state index contributed by atoms with van der Waals surface area (Å²) in [6.45, 7) is 5.23. The predicted octanol–water partition coefficient (Wildman–Crippen LogP) is 4.15. The average molecular weight is 426 g/mol. The number of aromatic hydroxyl groups is 2. The van der Waals surface area contributed by atoms with Crippen molar-refractivity contribution >= 4 is 11.0 Å². The quantitative estimate of drug-likeness (QED) is 0.487. The highest BCUT2D eigenvalue weighted by Crippen LogP contribution is 2.39. The molecule has 0 aliphatic heterocycles. The van der Waals surface area contributed by atoms with E-state index in [1.54, 1.807) is 31.4 Å². The Balaban J connectivity index is 2.35. The third-order valence-electron chi connectivity index (χ3n) is 4.72. The van der Waals surface area contributed by atoms with E-state index in [9.17, 15) is 20.1 Å². The third-order valence-corrected chi connectivity index (χ3v) is 4.72. The van der Waals surface area contributed by atoms with Gasteiger partial charge in [0.15, 0.2) is 5.76 Å². The van der Waals surface area contributed by atoms with Crippen LogP contribution in [-0.2, 0) is 6.42 Å². The summed E-state index contributed by atoms with van der Waals surface area (Å²) >= 11 is 0. The van der Waals surface area contributed by atoms with Crippen LogP contribution in [-0.4, -0.2) is 35.1 Å². The number of allylic oxidation sites excluding steroid dienone is 2. The maximum atomic E-state index is 13.3. The number of rotatable bonds is 7. The van der Waals surface area contributed by atoms with Crippen molar-refractivity contribution < 1.29 is 29.2 Å². The highest BCUT2D eigenvalue weighted by atomic mass is 16.5. The van der Waals surface area contributed by atoms with Gasteiger partial charge in [-0.3, -0.25) is 4.79 Å². The number of hydrogen-bond donors (Lipinski definition) is 3. The molecule has 0 saturated carbocycles. The van der Waals surface area contributed by atoms with Gasteiger partial charge in [-0.25, -0.2) is 0 Å². The molecule has 0 aliphatic rings. The molecule has 0 radical (unpaired) electrons. The first kappa shape index (κ1) is 22.2. The van der Waals surface area contributed by atoms with Gasteiger partial charge in [0.1, 0.15) is 34.8 Å². The number of methoxy groups -OCH3 is 1. The standard InChI is InChI=1S/C24H26O7/c1-13(2)5-10-17-18(26)11-19(27)20-21(28)24(30-12-14(3)25)22(31-23(17)20)15-6-8-16(29-4)9-7-15/h5-9,11,14,25-27H,10,12H2,1-4H3/t14-/m1/s1. The van der Waals surface area contributed by atoms with Gasteiger partial charge < -0.3 is 29.2 Å². The Hall–Kier alpha value is -3.45. The minimum atomic E-state index is -0.819. The summed E-state index contributed by atoms with van der Waals surface area (Å²) in [4.78, 5) is 13.3. The van der Waals surface area contributed by atoms with Crippen molar-refractivity contribution in [1.82, 2.24) is 0 Å². The second-order valence-electron chi connectivity index (χ2n) is 7.56. The summed E-state index contributed by atoms with van der Waals surface area (Å²) in [7, 11) is 1.55. The summed E-state index contributed by atoms with van der Waals surface area (Å²) in [6, 6.07) is 7.95. The molecule has 0 amide bonds. The van der Waals surface area contributed by atoms with Crippen molar-refractivity contribution in [1.29, 1.82) is 0 Å². The molecule has 0 unspecified atom stereocenters. The smallest absolute Gasteiger partial charge is 0.239 e. The van der Waals surface area contributed by atoms with Gasteiger partial charge in [0.2, 0.25) is 11.2 Å². The minimum absolute atomic E-state index is 0.0789. The molecule has 0 bridgehead atoms. The lowest BCUT2D eigenvalue weighted by Gasteiger charge is -2.15. The van der Waals surface area contributed by atoms with Gasteiger partial charge in [-0.1, -0.05) is 11.6 Å². The van der Waals surface area contributed by atoms with E-state index in [4.69, 9.17) is 13.9 Å². The summed E-state index contributed by atoms with van der Waals surface area (Å²) in [6.07, 6.45) is 1.38. The van der Waals surface area contributed by atoms with E-state index in [0.29, 0.717) is 23.3 Å². The van der Waals surface area contributed by atoms with E-state index in [0.717, 1.165) is 11.6 Å². The number of ether oxygens (including phenoxy) is 2. The number of phenols is 2. The summed E-state index contributed by atoms with van der Waals surface area (Å²) in [5.74, 6) is 0.0317.